The van der Waals surface area contributed by atoms with Crippen LogP contribution in [0.1, 0.15) is 22.8 Å². The monoisotopic (exact) mass is 339 g/mol. The van der Waals surface area contributed by atoms with Crippen molar-refractivity contribution in [2.45, 2.75) is 13.3 Å². The Morgan fingerprint density at radius 1 is 1.22 bits per heavy atom. The lowest BCUT2D eigenvalue weighted by molar-refractivity contribution is 0.102. The molecular formula is C17H13N3OS2. The summed E-state index contributed by atoms with van der Waals surface area (Å²) in [6.07, 6.45) is 0.927. The van der Waals surface area contributed by atoms with Crippen LogP contribution in [-0.4, -0.2) is 15.9 Å². The molecule has 0 spiro atoms. The molecule has 0 atom stereocenters. The van der Waals surface area contributed by atoms with Crippen molar-refractivity contribution in [3.8, 4) is 0 Å². The zero-order valence-corrected chi connectivity index (χ0v) is 14.0. The van der Waals surface area contributed by atoms with Gasteiger partial charge in [-0.05, 0) is 36.2 Å². The maximum atomic E-state index is 12.5. The standard InChI is InChI=1S/C17H13N3OS2/c1-2-10-4-3-5-13-15(10)19-17(23-13)20-16(21)11-6-7-12-14(8-11)22-9-18-12/h3-9H,2H2,1H3,(H,19,20,21). The minimum absolute atomic E-state index is 0.141. The van der Waals surface area contributed by atoms with Gasteiger partial charge in [-0.2, -0.15) is 0 Å². The van der Waals surface area contributed by atoms with Crippen LogP contribution in [0.15, 0.2) is 41.9 Å². The van der Waals surface area contributed by atoms with Gasteiger partial charge in [0.25, 0.3) is 5.91 Å². The molecule has 23 heavy (non-hydrogen) atoms. The largest absolute Gasteiger partial charge is 0.298 e. The first-order valence-electron chi connectivity index (χ1n) is 7.27. The second-order valence-electron chi connectivity index (χ2n) is 5.13. The molecule has 4 aromatic rings. The number of hydrogen-bond donors (Lipinski definition) is 1. The molecule has 0 saturated carbocycles. The van der Waals surface area contributed by atoms with Gasteiger partial charge in [-0.25, -0.2) is 9.97 Å². The van der Waals surface area contributed by atoms with Gasteiger partial charge in [0.15, 0.2) is 5.13 Å². The molecule has 4 rings (SSSR count). The summed E-state index contributed by atoms with van der Waals surface area (Å²) in [5, 5.41) is 3.54. The molecule has 4 nitrogen and oxygen atoms in total. The Bertz CT molecular complexity index is 1020. The lowest BCUT2D eigenvalue weighted by Crippen LogP contribution is -2.11. The first-order valence-corrected chi connectivity index (χ1v) is 8.97. The molecule has 6 heteroatoms. The van der Waals surface area contributed by atoms with Crippen molar-refractivity contribution in [1.29, 1.82) is 0 Å². The Hall–Kier alpha value is -2.31. The minimum atomic E-state index is -0.141. The zero-order chi connectivity index (χ0) is 15.8. The van der Waals surface area contributed by atoms with E-state index in [1.54, 1.807) is 11.6 Å². The van der Waals surface area contributed by atoms with Crippen molar-refractivity contribution in [3.05, 3.63) is 53.0 Å². The molecule has 0 aliphatic rings. The van der Waals surface area contributed by atoms with E-state index in [0.717, 1.165) is 26.9 Å². The number of anilines is 1. The van der Waals surface area contributed by atoms with Gasteiger partial charge in [-0.15, -0.1) is 11.3 Å². The molecule has 0 bridgehead atoms. The van der Waals surface area contributed by atoms with Gasteiger partial charge in [0.1, 0.15) is 0 Å². The second kappa shape index (κ2) is 5.72. The predicted octanol–water partition coefficient (Wildman–Crippen LogP) is 4.72. The topological polar surface area (TPSA) is 54.9 Å². The summed E-state index contributed by atoms with van der Waals surface area (Å²) in [5.41, 5.74) is 5.50. The third-order valence-electron chi connectivity index (χ3n) is 3.70. The highest BCUT2D eigenvalue weighted by atomic mass is 32.1. The number of carbonyl (C=O) groups excluding carboxylic acids is 1. The molecule has 2 heterocycles. The fraction of sp³-hybridized carbons (Fsp3) is 0.118. The van der Waals surface area contributed by atoms with E-state index in [9.17, 15) is 4.79 Å². The highest BCUT2D eigenvalue weighted by molar-refractivity contribution is 7.22. The van der Waals surface area contributed by atoms with E-state index >= 15 is 0 Å². The Morgan fingerprint density at radius 3 is 3.00 bits per heavy atom. The number of rotatable bonds is 3. The van der Waals surface area contributed by atoms with E-state index in [4.69, 9.17) is 0 Å². The van der Waals surface area contributed by atoms with Gasteiger partial charge in [0.2, 0.25) is 0 Å². The van der Waals surface area contributed by atoms with Crippen LogP contribution in [-0.2, 0) is 6.42 Å². The average Bonchev–Trinajstić information content (AvgIpc) is 3.19. The van der Waals surface area contributed by atoms with Crippen LogP contribution in [0.2, 0.25) is 0 Å². The Balaban J connectivity index is 1.65. The summed E-state index contributed by atoms with van der Waals surface area (Å²) in [5.74, 6) is -0.141. The SMILES string of the molecule is CCc1cccc2sc(NC(=O)c3ccc4ncsc4c3)nc12. The van der Waals surface area contributed by atoms with Crippen molar-refractivity contribution in [3.63, 3.8) is 0 Å². The second-order valence-corrected chi connectivity index (χ2v) is 7.04. The number of aryl methyl sites for hydroxylation is 1. The average molecular weight is 339 g/mol. The Morgan fingerprint density at radius 2 is 2.13 bits per heavy atom. The molecule has 2 aromatic heterocycles. The van der Waals surface area contributed by atoms with Gasteiger partial charge in [-0.1, -0.05) is 30.4 Å². The van der Waals surface area contributed by atoms with Crippen LogP contribution >= 0.6 is 22.7 Å². The number of nitrogens with one attached hydrogen (secondary N) is 1. The molecule has 0 aliphatic carbocycles. The number of thiazole rings is 2. The fourth-order valence-corrected chi connectivity index (χ4v) is 4.14. The van der Waals surface area contributed by atoms with Gasteiger partial charge >= 0.3 is 0 Å². The molecule has 114 valence electrons. The van der Waals surface area contributed by atoms with Crippen LogP contribution < -0.4 is 5.32 Å². The predicted molar refractivity (Wildman–Crippen MR) is 96.6 cm³/mol. The fourth-order valence-electron chi connectivity index (χ4n) is 2.51. The molecule has 2 aromatic carbocycles. The van der Waals surface area contributed by atoms with E-state index in [-0.39, 0.29) is 5.91 Å². The summed E-state index contributed by atoms with van der Waals surface area (Å²) >= 11 is 3.03. The molecule has 0 unspecified atom stereocenters. The first kappa shape index (κ1) is 14.3. The van der Waals surface area contributed by atoms with Crippen molar-refractivity contribution in [1.82, 2.24) is 9.97 Å². The van der Waals surface area contributed by atoms with Crippen molar-refractivity contribution >= 4 is 54.1 Å². The number of para-hydroxylation sites is 1. The molecule has 0 aliphatic heterocycles. The third kappa shape index (κ3) is 2.60. The molecule has 0 saturated heterocycles. The number of benzene rings is 2. The number of carbonyl (C=O) groups is 1. The Labute approximate surface area is 140 Å². The van der Waals surface area contributed by atoms with E-state index < -0.39 is 0 Å². The highest BCUT2D eigenvalue weighted by Crippen LogP contribution is 2.29. The summed E-state index contributed by atoms with van der Waals surface area (Å²) < 4.78 is 2.10. The number of fused-ring (bicyclic) bond motifs is 2. The van der Waals surface area contributed by atoms with Crippen LogP contribution in [0, 0.1) is 0 Å². The van der Waals surface area contributed by atoms with E-state index in [1.807, 2.05) is 24.3 Å². The summed E-state index contributed by atoms with van der Waals surface area (Å²) in [6.45, 7) is 2.11. The van der Waals surface area contributed by atoms with Crippen molar-refractivity contribution < 1.29 is 4.79 Å². The van der Waals surface area contributed by atoms with Gasteiger partial charge in [-0.3, -0.25) is 10.1 Å². The highest BCUT2D eigenvalue weighted by Gasteiger charge is 2.12. The van der Waals surface area contributed by atoms with Crippen LogP contribution in [0.4, 0.5) is 5.13 Å². The smallest absolute Gasteiger partial charge is 0.257 e. The number of hydrogen-bond acceptors (Lipinski definition) is 5. The maximum Gasteiger partial charge on any atom is 0.257 e. The van der Waals surface area contributed by atoms with E-state index in [2.05, 4.69) is 28.3 Å². The molecule has 0 fully saturated rings. The minimum Gasteiger partial charge on any atom is -0.298 e. The van der Waals surface area contributed by atoms with Crippen LogP contribution in [0.25, 0.3) is 20.4 Å². The Kier molecular flexibility index (Phi) is 3.55. The van der Waals surface area contributed by atoms with E-state index in [1.165, 1.54) is 28.2 Å². The lowest BCUT2D eigenvalue weighted by Gasteiger charge is -2.01. The summed E-state index contributed by atoms with van der Waals surface area (Å²) in [6, 6.07) is 11.7. The van der Waals surface area contributed by atoms with Gasteiger partial charge in [0.05, 0.1) is 25.9 Å². The molecule has 0 radical (unpaired) electrons. The van der Waals surface area contributed by atoms with E-state index in [0.29, 0.717) is 10.7 Å². The molecule has 1 amide bonds. The quantitative estimate of drug-likeness (QED) is 0.587. The van der Waals surface area contributed by atoms with Crippen LogP contribution in [0.5, 0.6) is 0 Å². The van der Waals surface area contributed by atoms with Gasteiger partial charge in [0, 0.05) is 5.56 Å². The summed E-state index contributed by atoms with van der Waals surface area (Å²) in [4.78, 5) is 21.3. The maximum absolute atomic E-state index is 12.5. The number of aromatic nitrogens is 2. The van der Waals surface area contributed by atoms with Crippen molar-refractivity contribution in [2.24, 2.45) is 0 Å². The van der Waals surface area contributed by atoms with Crippen molar-refractivity contribution in [2.75, 3.05) is 5.32 Å². The molecule has 1 N–H and O–H groups in total. The first-order chi connectivity index (χ1) is 11.2. The summed E-state index contributed by atoms with van der Waals surface area (Å²) in [7, 11) is 0. The number of nitrogens with zero attached hydrogens (tertiary/aromatic N) is 2. The zero-order valence-electron chi connectivity index (χ0n) is 12.4. The van der Waals surface area contributed by atoms with Crippen LogP contribution in [0.3, 0.4) is 0 Å². The molecular weight excluding hydrogens is 326 g/mol. The normalized spacial score (nSPS) is 11.2. The van der Waals surface area contributed by atoms with Gasteiger partial charge < -0.3 is 0 Å². The number of amides is 1. The third-order valence-corrected chi connectivity index (χ3v) is 5.43. The lowest BCUT2D eigenvalue weighted by atomic mass is 10.1.